The molecule has 4 heteroatoms. The van der Waals surface area contributed by atoms with Crippen molar-refractivity contribution in [1.82, 2.24) is 4.98 Å². The fourth-order valence-electron chi connectivity index (χ4n) is 0.995. The number of aliphatic hydroxyl groups excluding tert-OH is 1. The maximum absolute atomic E-state index is 9.38. The lowest BCUT2D eigenvalue weighted by atomic mass is 10.1. The van der Waals surface area contributed by atoms with Gasteiger partial charge in [-0.15, -0.1) is 0 Å². The van der Waals surface area contributed by atoms with Crippen molar-refractivity contribution in [3.63, 3.8) is 0 Å². The highest BCUT2D eigenvalue weighted by Gasteiger charge is 2.12. The number of rotatable bonds is 2. The maximum atomic E-state index is 9.38. The molecule has 1 aromatic rings. The molecule has 1 rings (SSSR count). The normalized spacial score (nSPS) is 12.7. The van der Waals surface area contributed by atoms with Crippen LogP contribution in [0.2, 0.25) is 0 Å². The van der Waals surface area contributed by atoms with Gasteiger partial charge in [-0.3, -0.25) is 4.98 Å². The molecule has 0 aromatic carbocycles. The number of aromatic nitrogens is 1. The summed E-state index contributed by atoms with van der Waals surface area (Å²) < 4.78 is 5.80. The lowest BCUT2D eigenvalue weighted by Crippen LogP contribution is -1.98. The van der Waals surface area contributed by atoms with Crippen LogP contribution in [0, 0.1) is 0 Å². The Bertz CT molecular complexity index is 276. The fourth-order valence-corrected chi connectivity index (χ4v) is 1.64. The first-order valence-electron chi connectivity index (χ1n) is 3.52. The highest BCUT2D eigenvalue weighted by molar-refractivity contribution is 9.10. The molecular formula is C8H10BrNO2. The topological polar surface area (TPSA) is 42.4 Å². The van der Waals surface area contributed by atoms with Crippen LogP contribution in [0.4, 0.5) is 0 Å². The standard InChI is InChI=1S/C8H10BrNO2/c1-5(11)8-6(9)3-10-4-7(8)12-2/h3-5,11H,1-2H3. The molecule has 0 aliphatic rings. The first-order chi connectivity index (χ1) is 5.66. The SMILES string of the molecule is COc1cncc(Br)c1C(C)O. The first kappa shape index (κ1) is 9.48. The average Bonchev–Trinajstić information content (AvgIpc) is 2.03. The first-order valence-corrected chi connectivity index (χ1v) is 4.31. The second-order valence-electron chi connectivity index (χ2n) is 2.41. The zero-order chi connectivity index (χ0) is 9.14. The van der Waals surface area contributed by atoms with Gasteiger partial charge in [0.05, 0.1) is 19.4 Å². The quantitative estimate of drug-likeness (QED) is 0.846. The van der Waals surface area contributed by atoms with E-state index in [0.29, 0.717) is 5.75 Å². The molecule has 3 nitrogen and oxygen atoms in total. The van der Waals surface area contributed by atoms with Crippen LogP contribution in [0.1, 0.15) is 18.6 Å². The monoisotopic (exact) mass is 231 g/mol. The summed E-state index contributed by atoms with van der Waals surface area (Å²) in [6.45, 7) is 1.68. The van der Waals surface area contributed by atoms with Crippen LogP contribution in [-0.4, -0.2) is 17.2 Å². The molecule has 0 saturated carbocycles. The molecule has 0 spiro atoms. The van der Waals surface area contributed by atoms with Crippen molar-refractivity contribution < 1.29 is 9.84 Å². The minimum atomic E-state index is -0.558. The largest absolute Gasteiger partial charge is 0.495 e. The third kappa shape index (κ3) is 1.76. The van der Waals surface area contributed by atoms with E-state index >= 15 is 0 Å². The van der Waals surface area contributed by atoms with Gasteiger partial charge < -0.3 is 9.84 Å². The van der Waals surface area contributed by atoms with Crippen LogP contribution >= 0.6 is 15.9 Å². The Morgan fingerprint density at radius 2 is 2.25 bits per heavy atom. The molecule has 1 N–H and O–H groups in total. The van der Waals surface area contributed by atoms with Gasteiger partial charge in [-0.2, -0.15) is 0 Å². The van der Waals surface area contributed by atoms with Crippen LogP contribution < -0.4 is 4.74 Å². The van der Waals surface area contributed by atoms with Crippen molar-refractivity contribution in [2.24, 2.45) is 0 Å². The van der Waals surface area contributed by atoms with Crippen molar-refractivity contribution in [2.45, 2.75) is 13.0 Å². The van der Waals surface area contributed by atoms with Crippen molar-refractivity contribution in [3.8, 4) is 5.75 Å². The van der Waals surface area contributed by atoms with Crippen molar-refractivity contribution in [3.05, 3.63) is 22.4 Å². The minimum Gasteiger partial charge on any atom is -0.495 e. The number of hydrogen-bond donors (Lipinski definition) is 1. The number of pyridine rings is 1. The summed E-state index contributed by atoms with van der Waals surface area (Å²) in [4.78, 5) is 3.92. The number of nitrogens with zero attached hydrogens (tertiary/aromatic N) is 1. The number of ether oxygens (including phenoxy) is 1. The van der Waals surface area contributed by atoms with Crippen LogP contribution in [0.3, 0.4) is 0 Å². The zero-order valence-corrected chi connectivity index (χ0v) is 8.50. The molecule has 1 atom stereocenters. The van der Waals surface area contributed by atoms with E-state index in [-0.39, 0.29) is 0 Å². The molecule has 1 aromatic heterocycles. The molecule has 1 heterocycles. The number of halogens is 1. The summed E-state index contributed by atoms with van der Waals surface area (Å²) in [5.41, 5.74) is 0.729. The van der Waals surface area contributed by atoms with Crippen LogP contribution in [0.15, 0.2) is 16.9 Å². The summed E-state index contributed by atoms with van der Waals surface area (Å²) in [6.07, 6.45) is 2.65. The average molecular weight is 232 g/mol. The van der Waals surface area contributed by atoms with E-state index in [9.17, 15) is 5.11 Å². The zero-order valence-electron chi connectivity index (χ0n) is 6.91. The Morgan fingerprint density at radius 1 is 1.58 bits per heavy atom. The van der Waals surface area contributed by atoms with Crippen LogP contribution in [0.25, 0.3) is 0 Å². The predicted octanol–water partition coefficient (Wildman–Crippen LogP) is 1.91. The molecule has 0 aliphatic carbocycles. The third-order valence-electron chi connectivity index (χ3n) is 1.54. The van der Waals surface area contributed by atoms with Gasteiger partial charge in [-0.1, -0.05) is 0 Å². The van der Waals surface area contributed by atoms with Gasteiger partial charge in [0.25, 0.3) is 0 Å². The van der Waals surface area contributed by atoms with E-state index in [1.807, 2.05) is 0 Å². The summed E-state index contributed by atoms with van der Waals surface area (Å²) in [5.74, 6) is 0.597. The second-order valence-corrected chi connectivity index (χ2v) is 3.27. The Balaban J connectivity index is 3.20. The summed E-state index contributed by atoms with van der Waals surface area (Å²) in [6, 6.07) is 0. The van der Waals surface area contributed by atoms with Gasteiger partial charge in [0.2, 0.25) is 0 Å². The molecular weight excluding hydrogens is 222 g/mol. The molecule has 66 valence electrons. The van der Waals surface area contributed by atoms with Crippen LogP contribution in [-0.2, 0) is 0 Å². The molecule has 0 bridgehead atoms. The number of aliphatic hydroxyl groups is 1. The van der Waals surface area contributed by atoms with Gasteiger partial charge in [-0.25, -0.2) is 0 Å². The molecule has 1 unspecified atom stereocenters. The Morgan fingerprint density at radius 3 is 2.67 bits per heavy atom. The summed E-state index contributed by atoms with van der Waals surface area (Å²) in [7, 11) is 1.55. The van der Waals surface area contributed by atoms with Gasteiger partial charge in [0.15, 0.2) is 0 Å². The Hall–Kier alpha value is -0.610. The van der Waals surface area contributed by atoms with Gasteiger partial charge in [-0.05, 0) is 22.9 Å². The van der Waals surface area contributed by atoms with E-state index in [1.54, 1.807) is 26.4 Å². The number of methoxy groups -OCH3 is 1. The van der Waals surface area contributed by atoms with E-state index in [2.05, 4.69) is 20.9 Å². The second kappa shape index (κ2) is 3.87. The van der Waals surface area contributed by atoms with E-state index in [1.165, 1.54) is 0 Å². The summed E-state index contributed by atoms with van der Waals surface area (Å²) >= 11 is 3.29. The maximum Gasteiger partial charge on any atom is 0.144 e. The fraction of sp³-hybridized carbons (Fsp3) is 0.375. The molecule has 12 heavy (non-hydrogen) atoms. The van der Waals surface area contributed by atoms with E-state index in [0.717, 1.165) is 10.0 Å². The highest BCUT2D eigenvalue weighted by atomic mass is 79.9. The lowest BCUT2D eigenvalue weighted by molar-refractivity contribution is 0.193. The predicted molar refractivity (Wildman–Crippen MR) is 49.1 cm³/mol. The highest BCUT2D eigenvalue weighted by Crippen LogP contribution is 2.30. The minimum absolute atomic E-state index is 0.558. The molecule has 0 aliphatic heterocycles. The summed E-state index contributed by atoms with van der Waals surface area (Å²) in [5, 5.41) is 9.38. The van der Waals surface area contributed by atoms with Crippen molar-refractivity contribution in [1.29, 1.82) is 0 Å². The van der Waals surface area contributed by atoms with Gasteiger partial charge >= 0.3 is 0 Å². The van der Waals surface area contributed by atoms with Gasteiger partial charge in [0.1, 0.15) is 5.75 Å². The van der Waals surface area contributed by atoms with Gasteiger partial charge in [0, 0.05) is 16.2 Å². The van der Waals surface area contributed by atoms with E-state index < -0.39 is 6.10 Å². The Labute approximate surface area is 79.5 Å². The van der Waals surface area contributed by atoms with E-state index in [4.69, 9.17) is 4.74 Å². The van der Waals surface area contributed by atoms with Crippen molar-refractivity contribution in [2.75, 3.05) is 7.11 Å². The number of hydrogen-bond acceptors (Lipinski definition) is 3. The molecule has 0 radical (unpaired) electrons. The Kier molecular flexibility index (Phi) is 3.05. The lowest BCUT2D eigenvalue weighted by Gasteiger charge is -2.11. The third-order valence-corrected chi connectivity index (χ3v) is 2.17. The molecule has 0 saturated heterocycles. The van der Waals surface area contributed by atoms with Crippen molar-refractivity contribution >= 4 is 15.9 Å². The smallest absolute Gasteiger partial charge is 0.144 e. The molecule has 0 fully saturated rings. The van der Waals surface area contributed by atoms with Crippen LogP contribution in [0.5, 0.6) is 5.75 Å². The molecule has 0 amide bonds.